The third-order valence-corrected chi connectivity index (χ3v) is 3.16. The molecule has 0 unspecified atom stereocenters. The van der Waals surface area contributed by atoms with Crippen molar-refractivity contribution in [2.75, 3.05) is 0 Å². The van der Waals surface area contributed by atoms with E-state index in [0.717, 1.165) is 32.3 Å². The maximum atomic E-state index is 6.22. The molecule has 0 spiro atoms. The van der Waals surface area contributed by atoms with Crippen molar-refractivity contribution in [1.82, 2.24) is 0 Å². The van der Waals surface area contributed by atoms with Gasteiger partial charge in [-0.25, -0.2) is 0 Å². The topological polar surface area (TPSA) is 0 Å². The first kappa shape index (κ1) is 11.5. The quantitative estimate of drug-likeness (QED) is 0.647. The summed E-state index contributed by atoms with van der Waals surface area (Å²) in [5.41, 5.74) is 4.27. The minimum atomic E-state index is 0.741. The van der Waals surface area contributed by atoms with Crippen LogP contribution in [0.3, 0.4) is 0 Å². The Bertz CT molecular complexity index is 481. The molecule has 0 bridgehead atoms. The maximum absolute atomic E-state index is 6.22. The number of halogens is 2. The smallest absolute Gasteiger partial charge is 0.0487 e. The summed E-state index contributed by atoms with van der Waals surface area (Å²) in [5.74, 6) is 0. The molecule has 0 saturated carbocycles. The predicted octanol–water partition coefficient (Wildman–Crippen LogP) is 5.28. The van der Waals surface area contributed by atoms with Crippen LogP contribution in [0.1, 0.15) is 11.1 Å². The molecule has 82 valence electrons. The van der Waals surface area contributed by atoms with Crippen molar-refractivity contribution in [2.45, 2.75) is 13.8 Å². The number of hydrogen-bond donors (Lipinski definition) is 0. The Hall–Kier alpha value is -0.980. The normalized spacial score (nSPS) is 10.5. The van der Waals surface area contributed by atoms with Gasteiger partial charge in [-0.05, 0) is 37.1 Å². The lowest BCUT2D eigenvalue weighted by Gasteiger charge is -2.08. The Morgan fingerprint density at radius 1 is 0.688 bits per heavy atom. The molecule has 0 aliphatic rings. The first-order valence-corrected chi connectivity index (χ1v) is 5.86. The largest absolute Gasteiger partial charge is 0.0837 e. The van der Waals surface area contributed by atoms with E-state index >= 15 is 0 Å². The standard InChI is InChI=1S/C14H12Cl2/c1-9-3-5-11(13(15)7-9)12-6-4-10(2)8-14(12)16/h3-8H,1-2H3. The van der Waals surface area contributed by atoms with Crippen LogP contribution in [0.15, 0.2) is 36.4 Å². The Kier molecular flexibility index (Phi) is 3.22. The van der Waals surface area contributed by atoms with E-state index in [1.807, 2.05) is 50.2 Å². The molecule has 16 heavy (non-hydrogen) atoms. The fourth-order valence-corrected chi connectivity index (χ4v) is 2.35. The Balaban J connectivity index is 2.59. The number of benzene rings is 2. The summed E-state index contributed by atoms with van der Waals surface area (Å²) >= 11 is 12.4. The zero-order valence-electron chi connectivity index (χ0n) is 9.22. The molecule has 0 nitrogen and oxygen atoms in total. The van der Waals surface area contributed by atoms with E-state index < -0.39 is 0 Å². The third kappa shape index (κ3) is 2.23. The van der Waals surface area contributed by atoms with Gasteiger partial charge < -0.3 is 0 Å². The first-order valence-electron chi connectivity index (χ1n) is 5.10. The molecule has 0 aliphatic carbocycles. The van der Waals surface area contributed by atoms with Crippen LogP contribution in [0.25, 0.3) is 11.1 Å². The maximum Gasteiger partial charge on any atom is 0.0487 e. The first-order chi connectivity index (χ1) is 7.58. The van der Waals surface area contributed by atoms with Crippen LogP contribution in [0.2, 0.25) is 10.0 Å². The van der Waals surface area contributed by atoms with Gasteiger partial charge in [0.25, 0.3) is 0 Å². The Morgan fingerprint density at radius 2 is 1.06 bits per heavy atom. The summed E-state index contributed by atoms with van der Waals surface area (Å²) in [4.78, 5) is 0. The fraction of sp³-hybridized carbons (Fsp3) is 0.143. The summed E-state index contributed by atoms with van der Waals surface area (Å²) in [6.07, 6.45) is 0. The zero-order valence-corrected chi connectivity index (χ0v) is 10.7. The fourth-order valence-electron chi connectivity index (χ4n) is 1.68. The minimum Gasteiger partial charge on any atom is -0.0837 e. The van der Waals surface area contributed by atoms with Gasteiger partial charge >= 0.3 is 0 Å². The minimum absolute atomic E-state index is 0.741. The molecule has 0 aromatic heterocycles. The van der Waals surface area contributed by atoms with Crippen molar-refractivity contribution >= 4 is 23.2 Å². The zero-order chi connectivity index (χ0) is 11.7. The van der Waals surface area contributed by atoms with E-state index in [4.69, 9.17) is 23.2 Å². The summed E-state index contributed by atoms with van der Waals surface area (Å²) < 4.78 is 0. The van der Waals surface area contributed by atoms with Crippen LogP contribution in [-0.2, 0) is 0 Å². The van der Waals surface area contributed by atoms with Crippen molar-refractivity contribution in [2.24, 2.45) is 0 Å². The van der Waals surface area contributed by atoms with Crippen LogP contribution in [0, 0.1) is 13.8 Å². The Labute approximate surface area is 106 Å². The van der Waals surface area contributed by atoms with E-state index in [0.29, 0.717) is 0 Å². The van der Waals surface area contributed by atoms with Crippen LogP contribution in [0.5, 0.6) is 0 Å². The number of aryl methyl sites for hydroxylation is 2. The van der Waals surface area contributed by atoms with Gasteiger partial charge in [0.1, 0.15) is 0 Å². The number of rotatable bonds is 1. The molecule has 0 atom stereocenters. The molecule has 0 fully saturated rings. The molecular formula is C14H12Cl2. The van der Waals surface area contributed by atoms with Gasteiger partial charge in [0.2, 0.25) is 0 Å². The highest BCUT2D eigenvalue weighted by atomic mass is 35.5. The summed E-state index contributed by atoms with van der Waals surface area (Å²) in [6.45, 7) is 4.04. The van der Waals surface area contributed by atoms with Gasteiger partial charge in [0, 0.05) is 21.2 Å². The van der Waals surface area contributed by atoms with Gasteiger partial charge in [-0.3, -0.25) is 0 Å². The summed E-state index contributed by atoms with van der Waals surface area (Å²) in [5, 5.41) is 1.48. The van der Waals surface area contributed by atoms with Crippen LogP contribution < -0.4 is 0 Å². The highest BCUT2D eigenvalue weighted by Gasteiger charge is 2.07. The molecule has 2 aromatic rings. The molecule has 0 N–H and O–H groups in total. The second kappa shape index (κ2) is 4.48. The van der Waals surface area contributed by atoms with E-state index in [-0.39, 0.29) is 0 Å². The molecule has 2 heteroatoms. The van der Waals surface area contributed by atoms with Crippen LogP contribution >= 0.6 is 23.2 Å². The van der Waals surface area contributed by atoms with E-state index in [9.17, 15) is 0 Å². The highest BCUT2D eigenvalue weighted by Crippen LogP contribution is 2.34. The highest BCUT2D eigenvalue weighted by molar-refractivity contribution is 6.36. The SMILES string of the molecule is Cc1ccc(-c2ccc(C)cc2Cl)c(Cl)c1. The summed E-state index contributed by atoms with van der Waals surface area (Å²) in [7, 11) is 0. The van der Waals surface area contributed by atoms with Crippen molar-refractivity contribution in [3.05, 3.63) is 57.6 Å². The van der Waals surface area contributed by atoms with Gasteiger partial charge in [-0.1, -0.05) is 47.5 Å². The predicted molar refractivity (Wildman–Crippen MR) is 71.4 cm³/mol. The lowest BCUT2D eigenvalue weighted by Crippen LogP contribution is -1.83. The lowest BCUT2D eigenvalue weighted by molar-refractivity contribution is 1.45. The Morgan fingerprint density at radius 3 is 1.38 bits per heavy atom. The van der Waals surface area contributed by atoms with Gasteiger partial charge in [-0.2, -0.15) is 0 Å². The second-order valence-electron chi connectivity index (χ2n) is 3.97. The molecule has 0 saturated heterocycles. The average Bonchev–Trinajstić information content (AvgIpc) is 2.19. The average molecular weight is 251 g/mol. The van der Waals surface area contributed by atoms with Crippen LogP contribution in [0.4, 0.5) is 0 Å². The van der Waals surface area contributed by atoms with Gasteiger partial charge in [0.05, 0.1) is 0 Å². The van der Waals surface area contributed by atoms with E-state index in [1.54, 1.807) is 0 Å². The second-order valence-corrected chi connectivity index (χ2v) is 4.78. The van der Waals surface area contributed by atoms with E-state index in [1.165, 1.54) is 0 Å². The van der Waals surface area contributed by atoms with Gasteiger partial charge in [-0.15, -0.1) is 0 Å². The monoisotopic (exact) mass is 250 g/mol. The van der Waals surface area contributed by atoms with Crippen molar-refractivity contribution in [1.29, 1.82) is 0 Å². The molecular weight excluding hydrogens is 239 g/mol. The molecule has 0 radical (unpaired) electrons. The molecule has 2 aromatic carbocycles. The lowest BCUT2D eigenvalue weighted by atomic mass is 10.0. The molecule has 0 amide bonds. The van der Waals surface area contributed by atoms with Crippen molar-refractivity contribution in [3.8, 4) is 11.1 Å². The van der Waals surface area contributed by atoms with Gasteiger partial charge in [0.15, 0.2) is 0 Å². The van der Waals surface area contributed by atoms with E-state index in [2.05, 4.69) is 0 Å². The third-order valence-electron chi connectivity index (χ3n) is 2.54. The summed E-state index contributed by atoms with van der Waals surface area (Å²) in [6, 6.07) is 12.0. The van der Waals surface area contributed by atoms with Crippen molar-refractivity contribution < 1.29 is 0 Å². The van der Waals surface area contributed by atoms with Crippen LogP contribution in [-0.4, -0.2) is 0 Å². The van der Waals surface area contributed by atoms with Crippen molar-refractivity contribution in [3.63, 3.8) is 0 Å². The number of hydrogen-bond acceptors (Lipinski definition) is 0. The molecule has 2 rings (SSSR count). The molecule has 0 aliphatic heterocycles. The molecule has 0 heterocycles.